The molecule has 0 spiro atoms. The first-order chi connectivity index (χ1) is 8.65. The van der Waals surface area contributed by atoms with E-state index in [1.165, 1.54) is 12.1 Å². The lowest BCUT2D eigenvalue weighted by molar-refractivity contribution is 0.471. The summed E-state index contributed by atoms with van der Waals surface area (Å²) in [6.45, 7) is 1.89. The van der Waals surface area contributed by atoms with Crippen LogP contribution in [0.5, 0.6) is 11.5 Å². The minimum atomic E-state index is -0.272. The summed E-state index contributed by atoms with van der Waals surface area (Å²) in [4.78, 5) is 0. The Morgan fingerprint density at radius 3 is 2.56 bits per heavy atom. The summed E-state index contributed by atoms with van der Waals surface area (Å²) in [6.07, 6.45) is 0.583. The number of ether oxygens (including phenoxy) is 1. The Morgan fingerprint density at radius 2 is 1.89 bits per heavy atom. The number of para-hydroxylation sites is 1. The van der Waals surface area contributed by atoms with Crippen LogP contribution in [0.4, 0.5) is 4.39 Å². The van der Waals surface area contributed by atoms with Crippen LogP contribution in [0.15, 0.2) is 48.5 Å². The van der Waals surface area contributed by atoms with Gasteiger partial charge >= 0.3 is 0 Å². The van der Waals surface area contributed by atoms with Crippen LogP contribution in [-0.2, 0) is 6.42 Å². The zero-order valence-corrected chi connectivity index (χ0v) is 10.3. The maximum atomic E-state index is 13.2. The van der Waals surface area contributed by atoms with Crippen molar-refractivity contribution in [2.45, 2.75) is 19.4 Å². The highest BCUT2D eigenvalue weighted by atomic mass is 19.1. The summed E-state index contributed by atoms with van der Waals surface area (Å²) >= 11 is 0. The van der Waals surface area contributed by atoms with Crippen LogP contribution in [-0.4, -0.2) is 6.04 Å². The SMILES string of the molecule is CC(N)Cc1cc(F)ccc1Oc1ccccc1. The summed E-state index contributed by atoms with van der Waals surface area (Å²) in [6, 6.07) is 13.9. The van der Waals surface area contributed by atoms with E-state index >= 15 is 0 Å². The maximum absolute atomic E-state index is 13.2. The molecule has 0 aliphatic rings. The zero-order chi connectivity index (χ0) is 13.0. The van der Waals surface area contributed by atoms with Gasteiger partial charge in [0.15, 0.2) is 0 Å². The number of benzene rings is 2. The van der Waals surface area contributed by atoms with Gasteiger partial charge in [0.2, 0.25) is 0 Å². The third-order valence-corrected chi connectivity index (χ3v) is 2.54. The average Bonchev–Trinajstić information content (AvgIpc) is 2.33. The first kappa shape index (κ1) is 12.6. The lowest BCUT2D eigenvalue weighted by Gasteiger charge is -2.13. The van der Waals surface area contributed by atoms with E-state index in [1.807, 2.05) is 37.3 Å². The molecule has 0 aromatic heterocycles. The van der Waals surface area contributed by atoms with Gasteiger partial charge in [-0.25, -0.2) is 4.39 Å². The molecule has 1 atom stereocenters. The molecule has 0 saturated heterocycles. The van der Waals surface area contributed by atoms with Crippen molar-refractivity contribution in [3.05, 3.63) is 59.9 Å². The quantitative estimate of drug-likeness (QED) is 0.894. The number of rotatable bonds is 4. The molecule has 0 aliphatic carbocycles. The van der Waals surface area contributed by atoms with E-state index in [4.69, 9.17) is 10.5 Å². The Morgan fingerprint density at radius 1 is 1.17 bits per heavy atom. The molecule has 2 rings (SSSR count). The van der Waals surface area contributed by atoms with Gasteiger partial charge in [-0.1, -0.05) is 18.2 Å². The molecule has 0 saturated carbocycles. The minimum absolute atomic E-state index is 0.0371. The zero-order valence-electron chi connectivity index (χ0n) is 10.3. The number of halogens is 1. The van der Waals surface area contributed by atoms with E-state index < -0.39 is 0 Å². The van der Waals surface area contributed by atoms with E-state index in [0.29, 0.717) is 12.2 Å². The standard InChI is InChI=1S/C15H16FNO/c1-11(17)9-12-10-13(16)7-8-15(12)18-14-5-3-2-4-6-14/h2-8,10-11H,9,17H2,1H3. The molecular formula is C15H16FNO. The van der Waals surface area contributed by atoms with Gasteiger partial charge in [-0.2, -0.15) is 0 Å². The Balaban J connectivity index is 2.26. The minimum Gasteiger partial charge on any atom is -0.457 e. The van der Waals surface area contributed by atoms with Crippen LogP contribution < -0.4 is 10.5 Å². The predicted octanol–water partition coefficient (Wildman–Crippen LogP) is 3.51. The molecule has 0 fully saturated rings. The van der Waals surface area contributed by atoms with Gasteiger partial charge in [-0.15, -0.1) is 0 Å². The van der Waals surface area contributed by atoms with Crippen molar-refractivity contribution < 1.29 is 9.13 Å². The molecule has 18 heavy (non-hydrogen) atoms. The van der Waals surface area contributed by atoms with Crippen LogP contribution >= 0.6 is 0 Å². The lowest BCUT2D eigenvalue weighted by Crippen LogP contribution is -2.18. The van der Waals surface area contributed by atoms with Crippen molar-refractivity contribution in [1.29, 1.82) is 0 Å². The van der Waals surface area contributed by atoms with Crippen molar-refractivity contribution in [2.24, 2.45) is 5.73 Å². The summed E-state index contributed by atoms with van der Waals surface area (Å²) in [7, 11) is 0. The van der Waals surface area contributed by atoms with Crippen molar-refractivity contribution >= 4 is 0 Å². The fraction of sp³-hybridized carbons (Fsp3) is 0.200. The fourth-order valence-electron chi connectivity index (χ4n) is 1.77. The average molecular weight is 245 g/mol. The molecule has 2 N–H and O–H groups in total. The van der Waals surface area contributed by atoms with E-state index in [0.717, 1.165) is 11.3 Å². The second-order valence-electron chi connectivity index (χ2n) is 4.35. The van der Waals surface area contributed by atoms with Gasteiger partial charge in [0.05, 0.1) is 0 Å². The number of hydrogen-bond donors (Lipinski definition) is 1. The first-order valence-electron chi connectivity index (χ1n) is 5.92. The van der Waals surface area contributed by atoms with Gasteiger partial charge in [-0.05, 0) is 49.2 Å². The highest BCUT2D eigenvalue weighted by molar-refractivity contribution is 5.38. The Hall–Kier alpha value is -1.87. The maximum Gasteiger partial charge on any atom is 0.130 e. The molecule has 2 aromatic carbocycles. The van der Waals surface area contributed by atoms with Crippen molar-refractivity contribution in [2.75, 3.05) is 0 Å². The summed E-state index contributed by atoms with van der Waals surface area (Å²) < 4.78 is 19.0. The van der Waals surface area contributed by atoms with Crippen LogP contribution in [0.2, 0.25) is 0 Å². The Labute approximate surface area is 106 Å². The second kappa shape index (κ2) is 5.65. The first-order valence-corrected chi connectivity index (χ1v) is 5.92. The number of hydrogen-bond acceptors (Lipinski definition) is 2. The predicted molar refractivity (Wildman–Crippen MR) is 70.3 cm³/mol. The lowest BCUT2D eigenvalue weighted by atomic mass is 10.1. The highest BCUT2D eigenvalue weighted by Gasteiger charge is 2.08. The van der Waals surface area contributed by atoms with Gasteiger partial charge in [0, 0.05) is 6.04 Å². The van der Waals surface area contributed by atoms with Crippen LogP contribution in [0.3, 0.4) is 0 Å². The molecule has 0 bridgehead atoms. The van der Waals surface area contributed by atoms with Crippen LogP contribution in [0, 0.1) is 5.82 Å². The molecule has 0 amide bonds. The van der Waals surface area contributed by atoms with Crippen LogP contribution in [0.1, 0.15) is 12.5 Å². The van der Waals surface area contributed by atoms with Crippen LogP contribution in [0.25, 0.3) is 0 Å². The molecule has 0 aliphatic heterocycles. The fourth-order valence-corrected chi connectivity index (χ4v) is 1.77. The van der Waals surface area contributed by atoms with E-state index in [9.17, 15) is 4.39 Å². The molecule has 0 radical (unpaired) electrons. The molecule has 1 unspecified atom stereocenters. The molecule has 2 aromatic rings. The highest BCUT2D eigenvalue weighted by Crippen LogP contribution is 2.26. The molecular weight excluding hydrogens is 229 g/mol. The summed E-state index contributed by atoms with van der Waals surface area (Å²) in [5.74, 6) is 1.11. The molecule has 0 heterocycles. The second-order valence-corrected chi connectivity index (χ2v) is 4.35. The van der Waals surface area contributed by atoms with E-state index in [2.05, 4.69) is 0 Å². The largest absolute Gasteiger partial charge is 0.457 e. The van der Waals surface area contributed by atoms with Crippen molar-refractivity contribution in [3.8, 4) is 11.5 Å². The Kier molecular flexibility index (Phi) is 3.95. The van der Waals surface area contributed by atoms with Gasteiger partial charge < -0.3 is 10.5 Å². The van der Waals surface area contributed by atoms with E-state index in [1.54, 1.807) is 6.07 Å². The van der Waals surface area contributed by atoms with Gasteiger partial charge in [-0.3, -0.25) is 0 Å². The molecule has 3 heteroatoms. The Bertz CT molecular complexity index is 511. The van der Waals surface area contributed by atoms with Crippen molar-refractivity contribution in [1.82, 2.24) is 0 Å². The summed E-state index contributed by atoms with van der Waals surface area (Å²) in [5, 5.41) is 0. The van der Waals surface area contributed by atoms with E-state index in [-0.39, 0.29) is 11.9 Å². The summed E-state index contributed by atoms with van der Waals surface area (Å²) in [5.41, 5.74) is 6.54. The monoisotopic (exact) mass is 245 g/mol. The topological polar surface area (TPSA) is 35.2 Å². The number of nitrogens with two attached hydrogens (primary N) is 1. The smallest absolute Gasteiger partial charge is 0.130 e. The van der Waals surface area contributed by atoms with Crippen molar-refractivity contribution in [3.63, 3.8) is 0 Å². The third kappa shape index (κ3) is 3.31. The van der Waals surface area contributed by atoms with Gasteiger partial charge in [0.25, 0.3) is 0 Å². The molecule has 94 valence electrons. The molecule has 2 nitrogen and oxygen atoms in total. The normalized spacial score (nSPS) is 12.2. The third-order valence-electron chi connectivity index (χ3n) is 2.54. The van der Waals surface area contributed by atoms with Gasteiger partial charge in [0.1, 0.15) is 17.3 Å².